The highest BCUT2D eigenvalue weighted by molar-refractivity contribution is 6.31. The number of nitrogens with one attached hydrogen (secondary N) is 1. The van der Waals surface area contributed by atoms with Crippen LogP contribution in [0.4, 0.5) is 0 Å². The van der Waals surface area contributed by atoms with Crippen molar-refractivity contribution in [3.63, 3.8) is 0 Å². The molecule has 1 aromatic heterocycles. The highest BCUT2D eigenvalue weighted by atomic mass is 35.5. The van der Waals surface area contributed by atoms with E-state index in [1.165, 1.54) is 0 Å². The zero-order chi connectivity index (χ0) is 14.3. The number of rotatable bonds is 4. The third-order valence-corrected chi connectivity index (χ3v) is 4.75. The van der Waals surface area contributed by atoms with E-state index in [2.05, 4.69) is 34.2 Å². The first-order valence-electron chi connectivity index (χ1n) is 7.27. The van der Waals surface area contributed by atoms with Crippen LogP contribution in [0.15, 0.2) is 6.20 Å². The van der Waals surface area contributed by atoms with E-state index in [0.29, 0.717) is 11.1 Å². The van der Waals surface area contributed by atoms with Crippen LogP contribution >= 0.6 is 11.6 Å². The highest BCUT2D eigenvalue weighted by Crippen LogP contribution is 2.32. The van der Waals surface area contributed by atoms with Crippen molar-refractivity contribution in [3.8, 4) is 0 Å². The Morgan fingerprint density at radius 1 is 1.35 bits per heavy atom. The van der Waals surface area contributed by atoms with Crippen LogP contribution in [0.3, 0.4) is 0 Å². The molecule has 0 aliphatic carbocycles. The van der Waals surface area contributed by atoms with E-state index in [1.807, 2.05) is 4.68 Å². The summed E-state index contributed by atoms with van der Waals surface area (Å²) in [4.78, 5) is 5.01. The van der Waals surface area contributed by atoms with Crippen molar-refractivity contribution in [2.45, 2.75) is 32.0 Å². The molecular formula is C13H23ClN6. The first kappa shape index (κ1) is 14.3. The van der Waals surface area contributed by atoms with Crippen LogP contribution in [-0.4, -0.2) is 58.3 Å². The molecule has 0 radical (unpaired) electrons. The predicted octanol–water partition coefficient (Wildman–Crippen LogP) is 0.622. The molecule has 2 unspecified atom stereocenters. The Labute approximate surface area is 124 Å². The zero-order valence-corrected chi connectivity index (χ0v) is 12.8. The molecule has 7 heteroatoms. The van der Waals surface area contributed by atoms with E-state index in [-0.39, 0.29) is 12.1 Å². The summed E-state index contributed by atoms with van der Waals surface area (Å²) in [6, 6.07) is 0.633. The minimum Gasteiger partial charge on any atom is -0.299 e. The summed E-state index contributed by atoms with van der Waals surface area (Å²) >= 11 is 6.37. The van der Waals surface area contributed by atoms with E-state index in [9.17, 15) is 0 Å². The van der Waals surface area contributed by atoms with Gasteiger partial charge in [-0.2, -0.15) is 5.10 Å². The van der Waals surface area contributed by atoms with Gasteiger partial charge in [-0.15, -0.1) is 0 Å². The number of nitrogens with two attached hydrogens (primary N) is 1. The van der Waals surface area contributed by atoms with Gasteiger partial charge < -0.3 is 0 Å². The molecule has 0 saturated carbocycles. The molecule has 2 atom stereocenters. The van der Waals surface area contributed by atoms with Crippen molar-refractivity contribution >= 4 is 11.6 Å². The van der Waals surface area contributed by atoms with Crippen molar-refractivity contribution in [1.82, 2.24) is 25.0 Å². The van der Waals surface area contributed by atoms with Crippen molar-refractivity contribution in [1.29, 1.82) is 0 Å². The minimum absolute atomic E-state index is 0.00972. The summed E-state index contributed by atoms with van der Waals surface area (Å²) in [7, 11) is 0. The van der Waals surface area contributed by atoms with Crippen molar-refractivity contribution in [2.75, 3.05) is 32.7 Å². The largest absolute Gasteiger partial charge is 0.299 e. The van der Waals surface area contributed by atoms with Crippen molar-refractivity contribution in [2.24, 2.45) is 5.84 Å². The molecule has 3 aliphatic rings. The van der Waals surface area contributed by atoms with Crippen molar-refractivity contribution in [3.05, 3.63) is 16.9 Å². The van der Waals surface area contributed by atoms with Crippen LogP contribution in [0.2, 0.25) is 5.02 Å². The molecule has 0 spiro atoms. The maximum atomic E-state index is 6.37. The smallest absolute Gasteiger partial charge is 0.0835 e. The maximum Gasteiger partial charge on any atom is 0.0835 e. The quantitative estimate of drug-likeness (QED) is 0.630. The number of piperazine rings is 3. The molecule has 6 nitrogen and oxygen atoms in total. The van der Waals surface area contributed by atoms with E-state index in [0.717, 1.165) is 38.4 Å². The zero-order valence-electron chi connectivity index (χ0n) is 12.1. The number of hydrazine groups is 1. The fraction of sp³-hybridized carbons (Fsp3) is 0.769. The lowest BCUT2D eigenvalue weighted by atomic mass is 9.97. The summed E-state index contributed by atoms with van der Waals surface area (Å²) in [6.07, 6.45) is 1.72. The molecule has 3 aliphatic heterocycles. The first-order valence-corrected chi connectivity index (χ1v) is 7.65. The van der Waals surface area contributed by atoms with Gasteiger partial charge in [0.05, 0.1) is 23.0 Å². The number of hydrogen-bond acceptors (Lipinski definition) is 5. The average molecular weight is 299 g/mol. The molecule has 4 heterocycles. The van der Waals surface area contributed by atoms with Crippen LogP contribution in [0, 0.1) is 0 Å². The monoisotopic (exact) mass is 298 g/mol. The second kappa shape index (κ2) is 5.61. The van der Waals surface area contributed by atoms with Gasteiger partial charge in [-0.3, -0.25) is 20.3 Å². The van der Waals surface area contributed by atoms with Gasteiger partial charge in [0.2, 0.25) is 0 Å². The maximum absolute atomic E-state index is 6.37. The summed E-state index contributed by atoms with van der Waals surface area (Å²) in [6.45, 7) is 9.78. The second-order valence-electron chi connectivity index (χ2n) is 5.96. The number of fused-ring (bicyclic) bond motifs is 3. The molecular weight excluding hydrogens is 276 g/mol. The lowest BCUT2D eigenvalue weighted by Gasteiger charge is -2.50. The van der Waals surface area contributed by atoms with Gasteiger partial charge in [-0.25, -0.2) is 5.43 Å². The van der Waals surface area contributed by atoms with E-state index < -0.39 is 0 Å². The lowest BCUT2D eigenvalue weighted by Crippen LogP contribution is -2.64. The Balaban J connectivity index is 1.92. The Morgan fingerprint density at radius 3 is 2.55 bits per heavy atom. The molecule has 112 valence electrons. The Kier molecular flexibility index (Phi) is 4.01. The van der Waals surface area contributed by atoms with E-state index >= 15 is 0 Å². The molecule has 2 bridgehead atoms. The highest BCUT2D eigenvalue weighted by Gasteiger charge is 2.39. The summed E-state index contributed by atoms with van der Waals surface area (Å²) in [5, 5.41) is 5.09. The van der Waals surface area contributed by atoms with Crippen molar-refractivity contribution < 1.29 is 0 Å². The molecule has 3 N–H and O–H groups in total. The normalized spacial score (nSPS) is 30.9. The molecule has 3 fully saturated rings. The Morgan fingerprint density at radius 2 is 2.05 bits per heavy atom. The van der Waals surface area contributed by atoms with Gasteiger partial charge in [0.1, 0.15) is 0 Å². The van der Waals surface area contributed by atoms with Crippen LogP contribution < -0.4 is 11.3 Å². The summed E-state index contributed by atoms with van der Waals surface area (Å²) in [5.74, 6) is 5.87. The van der Waals surface area contributed by atoms with Crippen LogP contribution in [0.25, 0.3) is 0 Å². The standard InChI is InChI=1S/C13H23ClN6/c1-9(2)20-13(10(14)7-16-20)12(17-15)11-8-18-3-5-19(11)6-4-18/h7,9,11-12,17H,3-6,8,15H2,1-2H3. The van der Waals surface area contributed by atoms with Gasteiger partial charge in [0.25, 0.3) is 0 Å². The van der Waals surface area contributed by atoms with Gasteiger partial charge in [-0.05, 0) is 13.8 Å². The van der Waals surface area contributed by atoms with Crippen LogP contribution in [0.5, 0.6) is 0 Å². The number of hydrogen-bond donors (Lipinski definition) is 2. The topological polar surface area (TPSA) is 62.4 Å². The fourth-order valence-corrected chi connectivity index (χ4v) is 3.65. The van der Waals surface area contributed by atoms with Gasteiger partial charge >= 0.3 is 0 Å². The number of nitrogens with zero attached hydrogens (tertiary/aromatic N) is 4. The molecule has 3 saturated heterocycles. The van der Waals surface area contributed by atoms with Gasteiger partial charge in [0.15, 0.2) is 0 Å². The number of halogens is 1. The molecule has 0 amide bonds. The Hall–Kier alpha value is -0.660. The fourth-order valence-electron chi connectivity index (χ4n) is 3.40. The van der Waals surface area contributed by atoms with Gasteiger partial charge in [0, 0.05) is 44.8 Å². The summed E-state index contributed by atoms with van der Waals surface area (Å²) < 4.78 is 1.98. The summed E-state index contributed by atoms with van der Waals surface area (Å²) in [5.41, 5.74) is 3.98. The van der Waals surface area contributed by atoms with Crippen LogP contribution in [0.1, 0.15) is 31.6 Å². The predicted molar refractivity (Wildman–Crippen MR) is 79.5 cm³/mol. The SMILES string of the molecule is CC(C)n1ncc(Cl)c1C(NN)C1CN2CCN1CC2. The first-order chi connectivity index (χ1) is 9.61. The number of aromatic nitrogens is 2. The second-order valence-corrected chi connectivity index (χ2v) is 6.37. The third kappa shape index (κ3) is 2.35. The van der Waals surface area contributed by atoms with Gasteiger partial charge in [-0.1, -0.05) is 11.6 Å². The Bertz CT molecular complexity index is 465. The lowest BCUT2D eigenvalue weighted by molar-refractivity contribution is -0.00513. The van der Waals surface area contributed by atoms with Crippen LogP contribution in [-0.2, 0) is 0 Å². The van der Waals surface area contributed by atoms with E-state index in [1.54, 1.807) is 6.20 Å². The average Bonchev–Trinajstić information content (AvgIpc) is 2.84. The molecule has 4 rings (SSSR count). The molecule has 0 aromatic carbocycles. The van der Waals surface area contributed by atoms with E-state index in [4.69, 9.17) is 17.4 Å². The molecule has 1 aromatic rings. The molecule has 20 heavy (non-hydrogen) atoms. The third-order valence-electron chi connectivity index (χ3n) is 4.46. The minimum atomic E-state index is 0.00972.